The van der Waals surface area contributed by atoms with Gasteiger partial charge in [-0.05, 0) is 36.2 Å². The molecule has 0 radical (unpaired) electrons. The highest BCUT2D eigenvalue weighted by molar-refractivity contribution is 6.35. The number of carboxylic acids is 1. The van der Waals surface area contributed by atoms with E-state index in [1.54, 1.807) is 30.3 Å². The lowest BCUT2D eigenvalue weighted by molar-refractivity contribution is 0.0691. The van der Waals surface area contributed by atoms with E-state index < -0.39 is 11.8 Å². The number of hydrogen-bond donors (Lipinski definition) is 1. The van der Waals surface area contributed by atoms with Gasteiger partial charge in [-0.25, -0.2) is 9.18 Å². The molecule has 1 heterocycles. The number of nitrogens with zero attached hydrogens (tertiary/aromatic N) is 1. The van der Waals surface area contributed by atoms with Gasteiger partial charge in [-0.2, -0.15) is 0 Å². The normalized spacial score (nSPS) is 17.5. The molecule has 1 N–H and O–H groups in total. The van der Waals surface area contributed by atoms with Gasteiger partial charge < -0.3 is 10.0 Å². The van der Waals surface area contributed by atoms with Gasteiger partial charge in [-0.3, -0.25) is 0 Å². The van der Waals surface area contributed by atoms with Crippen molar-refractivity contribution in [1.29, 1.82) is 0 Å². The lowest BCUT2D eigenvalue weighted by Crippen LogP contribution is -2.20. The molecular formula is C17H14Cl2FNO2. The van der Waals surface area contributed by atoms with Crippen LogP contribution in [0.15, 0.2) is 36.4 Å². The van der Waals surface area contributed by atoms with Crippen molar-refractivity contribution in [2.45, 2.75) is 12.3 Å². The first kappa shape index (κ1) is 16.1. The highest BCUT2D eigenvalue weighted by Gasteiger charge is 2.28. The molecular weight excluding hydrogens is 340 g/mol. The van der Waals surface area contributed by atoms with E-state index in [9.17, 15) is 9.18 Å². The first-order valence-electron chi connectivity index (χ1n) is 7.19. The third kappa shape index (κ3) is 3.14. The van der Waals surface area contributed by atoms with Crippen LogP contribution in [0.5, 0.6) is 0 Å². The molecule has 2 aromatic rings. The average Bonchev–Trinajstić information content (AvgIpc) is 2.99. The second kappa shape index (κ2) is 6.38. The Kier molecular flexibility index (Phi) is 4.46. The summed E-state index contributed by atoms with van der Waals surface area (Å²) in [4.78, 5) is 13.1. The molecule has 0 amide bonds. The highest BCUT2D eigenvalue weighted by atomic mass is 35.5. The Morgan fingerprint density at radius 1 is 1.26 bits per heavy atom. The lowest BCUT2D eigenvalue weighted by atomic mass is 9.96. The van der Waals surface area contributed by atoms with E-state index in [0.29, 0.717) is 28.7 Å². The summed E-state index contributed by atoms with van der Waals surface area (Å²) in [6.45, 7) is 1.28. The molecule has 3 rings (SSSR count). The first-order chi connectivity index (χ1) is 11.0. The maximum absolute atomic E-state index is 14.4. The Balaban J connectivity index is 1.87. The molecule has 6 heteroatoms. The van der Waals surface area contributed by atoms with Crippen LogP contribution in [0.25, 0.3) is 0 Å². The second-order valence-corrected chi connectivity index (χ2v) is 6.38. The second-order valence-electron chi connectivity index (χ2n) is 5.54. The van der Waals surface area contributed by atoms with Crippen molar-refractivity contribution < 1.29 is 14.3 Å². The number of carbonyl (C=O) groups is 1. The highest BCUT2D eigenvalue weighted by Crippen LogP contribution is 2.36. The van der Waals surface area contributed by atoms with Crippen molar-refractivity contribution in [3.63, 3.8) is 0 Å². The molecule has 1 unspecified atom stereocenters. The quantitative estimate of drug-likeness (QED) is 0.859. The number of carboxylic acid groups (broad SMARTS) is 1. The van der Waals surface area contributed by atoms with Gasteiger partial charge in [0.05, 0.1) is 16.3 Å². The van der Waals surface area contributed by atoms with Crippen molar-refractivity contribution in [2.75, 3.05) is 18.0 Å². The molecule has 3 nitrogen and oxygen atoms in total. The Labute approximate surface area is 143 Å². The summed E-state index contributed by atoms with van der Waals surface area (Å²) in [5, 5.41) is 10.2. The van der Waals surface area contributed by atoms with Crippen LogP contribution < -0.4 is 4.90 Å². The van der Waals surface area contributed by atoms with Gasteiger partial charge in [0.15, 0.2) is 0 Å². The summed E-state index contributed by atoms with van der Waals surface area (Å²) in [5.41, 5.74) is 0.962. The van der Waals surface area contributed by atoms with E-state index in [-0.39, 0.29) is 11.5 Å². The summed E-state index contributed by atoms with van der Waals surface area (Å²) in [6.07, 6.45) is 0.725. The van der Waals surface area contributed by atoms with Gasteiger partial charge in [-0.1, -0.05) is 35.3 Å². The Hall–Kier alpha value is -1.78. The van der Waals surface area contributed by atoms with Crippen LogP contribution in [0.2, 0.25) is 10.0 Å². The van der Waals surface area contributed by atoms with Crippen molar-refractivity contribution in [3.8, 4) is 0 Å². The van der Waals surface area contributed by atoms with Gasteiger partial charge in [0.2, 0.25) is 0 Å². The molecule has 1 saturated heterocycles. The van der Waals surface area contributed by atoms with E-state index >= 15 is 0 Å². The fourth-order valence-corrected chi connectivity index (χ4v) is 3.39. The Morgan fingerprint density at radius 3 is 2.78 bits per heavy atom. The topological polar surface area (TPSA) is 40.5 Å². The summed E-state index contributed by atoms with van der Waals surface area (Å²) in [6, 6.07) is 9.75. The molecule has 1 aliphatic heterocycles. The molecule has 0 aromatic heterocycles. The molecule has 120 valence electrons. The summed E-state index contributed by atoms with van der Waals surface area (Å²) in [7, 11) is 0. The number of aromatic carboxylic acids is 1. The van der Waals surface area contributed by atoms with Crippen LogP contribution in [0.1, 0.15) is 28.3 Å². The summed E-state index contributed by atoms with van der Waals surface area (Å²) < 4.78 is 14.4. The molecule has 1 aliphatic rings. The molecule has 1 atom stereocenters. The van der Waals surface area contributed by atoms with Crippen LogP contribution in [-0.4, -0.2) is 24.2 Å². The van der Waals surface area contributed by atoms with Gasteiger partial charge in [-0.15, -0.1) is 0 Å². The predicted octanol–water partition coefficient (Wildman–Crippen LogP) is 4.82. The van der Waals surface area contributed by atoms with Crippen LogP contribution in [0.3, 0.4) is 0 Å². The molecule has 0 aliphatic carbocycles. The number of rotatable bonds is 3. The van der Waals surface area contributed by atoms with Gasteiger partial charge >= 0.3 is 5.97 Å². The maximum Gasteiger partial charge on any atom is 0.338 e. The van der Waals surface area contributed by atoms with E-state index in [1.165, 1.54) is 6.07 Å². The molecule has 0 bridgehead atoms. The third-order valence-electron chi connectivity index (χ3n) is 4.14. The van der Waals surface area contributed by atoms with Crippen LogP contribution in [0, 0.1) is 5.82 Å². The fraction of sp³-hybridized carbons (Fsp3) is 0.235. The van der Waals surface area contributed by atoms with Gasteiger partial charge in [0, 0.05) is 24.0 Å². The number of halogens is 3. The van der Waals surface area contributed by atoms with E-state index in [0.717, 1.165) is 12.1 Å². The van der Waals surface area contributed by atoms with Crippen LogP contribution in [0.4, 0.5) is 10.1 Å². The molecule has 1 fully saturated rings. The van der Waals surface area contributed by atoms with Crippen molar-refractivity contribution in [1.82, 2.24) is 0 Å². The molecule has 23 heavy (non-hydrogen) atoms. The SMILES string of the molecule is O=C(O)c1cccc(C2CCN(c3cc(Cl)ccc3Cl)C2)c1F. The number of benzene rings is 2. The van der Waals surface area contributed by atoms with E-state index in [1.807, 2.05) is 4.90 Å². The van der Waals surface area contributed by atoms with Crippen molar-refractivity contribution >= 4 is 34.9 Å². The van der Waals surface area contributed by atoms with Crippen molar-refractivity contribution in [2.24, 2.45) is 0 Å². The minimum Gasteiger partial charge on any atom is -0.478 e. The van der Waals surface area contributed by atoms with Crippen LogP contribution in [-0.2, 0) is 0 Å². The zero-order chi connectivity index (χ0) is 16.6. The maximum atomic E-state index is 14.4. The Morgan fingerprint density at radius 2 is 2.04 bits per heavy atom. The minimum absolute atomic E-state index is 0.0793. The summed E-state index contributed by atoms with van der Waals surface area (Å²) >= 11 is 12.2. The number of hydrogen-bond acceptors (Lipinski definition) is 2. The monoisotopic (exact) mass is 353 g/mol. The largest absolute Gasteiger partial charge is 0.478 e. The Bertz CT molecular complexity index is 766. The van der Waals surface area contributed by atoms with Gasteiger partial charge in [0.1, 0.15) is 5.82 Å². The lowest BCUT2D eigenvalue weighted by Gasteiger charge is -2.20. The predicted molar refractivity (Wildman–Crippen MR) is 89.4 cm³/mol. The minimum atomic E-state index is -1.25. The molecule has 0 saturated carbocycles. The van der Waals surface area contributed by atoms with E-state index in [4.69, 9.17) is 28.3 Å². The van der Waals surface area contributed by atoms with E-state index in [2.05, 4.69) is 0 Å². The smallest absolute Gasteiger partial charge is 0.338 e. The first-order valence-corrected chi connectivity index (χ1v) is 7.94. The van der Waals surface area contributed by atoms with Gasteiger partial charge in [0.25, 0.3) is 0 Å². The summed E-state index contributed by atoms with van der Waals surface area (Å²) in [5.74, 6) is -1.98. The standard InChI is InChI=1S/C17H14Cl2FNO2/c18-11-4-5-14(19)15(8-11)21-7-6-10(9-21)12-2-1-3-13(16(12)20)17(22)23/h1-5,8,10H,6-7,9H2,(H,22,23). The van der Waals surface area contributed by atoms with Crippen LogP contribution >= 0.6 is 23.2 Å². The molecule has 0 spiro atoms. The third-order valence-corrected chi connectivity index (χ3v) is 4.69. The fourth-order valence-electron chi connectivity index (χ4n) is 2.99. The zero-order valence-corrected chi connectivity index (χ0v) is 13.6. The average molecular weight is 354 g/mol. The zero-order valence-electron chi connectivity index (χ0n) is 12.1. The molecule has 2 aromatic carbocycles. The van der Waals surface area contributed by atoms with Crippen molar-refractivity contribution in [3.05, 3.63) is 63.4 Å². The number of anilines is 1.